The van der Waals surface area contributed by atoms with Crippen molar-refractivity contribution in [1.82, 2.24) is 0 Å². The highest BCUT2D eigenvalue weighted by Gasteiger charge is 2.07. The molecule has 0 spiro atoms. The summed E-state index contributed by atoms with van der Waals surface area (Å²) in [5.41, 5.74) is 2.17. The maximum atomic E-state index is 12.3. The maximum Gasteiger partial charge on any atom is 0.187 e. The zero-order valence-corrected chi connectivity index (χ0v) is 15.3. The number of anilines is 1. The topological polar surface area (TPSA) is 47.6 Å². The molecule has 1 N–H and O–H groups in total. The van der Waals surface area contributed by atoms with Crippen molar-refractivity contribution in [1.29, 1.82) is 0 Å². The van der Waals surface area contributed by atoms with Crippen LogP contribution in [0.5, 0.6) is 17.2 Å². The van der Waals surface area contributed by atoms with E-state index >= 15 is 0 Å². The van der Waals surface area contributed by atoms with E-state index in [2.05, 4.69) is 5.32 Å². The molecule has 0 fully saturated rings. The average Bonchev–Trinajstić information content (AvgIpc) is 2.70. The van der Waals surface area contributed by atoms with E-state index in [1.807, 2.05) is 73.7 Å². The summed E-state index contributed by atoms with van der Waals surface area (Å²) in [7, 11) is 1.63. The van der Waals surface area contributed by atoms with Crippen molar-refractivity contribution in [3.05, 3.63) is 96.2 Å². The average molecular weight is 359 g/mol. The molecule has 0 unspecified atom stereocenters. The van der Waals surface area contributed by atoms with Gasteiger partial charge < -0.3 is 14.8 Å². The number of nitrogens with one attached hydrogen (secondary N) is 1. The van der Waals surface area contributed by atoms with Gasteiger partial charge in [0, 0.05) is 17.3 Å². The molecule has 0 aliphatic carbocycles. The first kappa shape index (κ1) is 18.3. The number of hydrogen-bond acceptors (Lipinski definition) is 4. The number of carbonyl (C=O) groups excluding carboxylic acids is 1. The third kappa shape index (κ3) is 4.98. The van der Waals surface area contributed by atoms with Crippen LogP contribution in [0.15, 0.2) is 90.6 Å². The lowest BCUT2D eigenvalue weighted by atomic mass is 10.1. The van der Waals surface area contributed by atoms with E-state index in [1.165, 1.54) is 0 Å². The van der Waals surface area contributed by atoms with E-state index in [0.717, 1.165) is 17.1 Å². The highest BCUT2D eigenvalue weighted by Crippen LogP contribution is 2.31. The molecule has 0 aliphatic heterocycles. The molecule has 0 saturated carbocycles. The molecule has 0 amide bonds. The zero-order chi connectivity index (χ0) is 19.1. The second-order valence-electron chi connectivity index (χ2n) is 5.96. The summed E-state index contributed by atoms with van der Waals surface area (Å²) in [6.45, 7) is 1.85. The van der Waals surface area contributed by atoms with Crippen LogP contribution in [0.3, 0.4) is 0 Å². The van der Waals surface area contributed by atoms with Crippen molar-refractivity contribution in [2.24, 2.45) is 0 Å². The van der Waals surface area contributed by atoms with Crippen LogP contribution < -0.4 is 14.8 Å². The minimum Gasteiger partial charge on any atom is -0.497 e. The van der Waals surface area contributed by atoms with Crippen LogP contribution in [0.25, 0.3) is 0 Å². The van der Waals surface area contributed by atoms with Crippen molar-refractivity contribution >= 4 is 11.5 Å². The van der Waals surface area contributed by atoms with Crippen molar-refractivity contribution in [2.75, 3.05) is 12.4 Å². The number of carbonyl (C=O) groups is 1. The quantitative estimate of drug-likeness (QED) is 0.435. The number of methoxy groups -OCH3 is 1. The van der Waals surface area contributed by atoms with E-state index in [0.29, 0.717) is 17.1 Å². The van der Waals surface area contributed by atoms with Crippen molar-refractivity contribution in [2.45, 2.75) is 6.92 Å². The predicted molar refractivity (Wildman–Crippen MR) is 108 cm³/mol. The van der Waals surface area contributed by atoms with Gasteiger partial charge in [0.1, 0.15) is 11.5 Å². The fraction of sp³-hybridized carbons (Fsp3) is 0.0870. The molecule has 0 aliphatic rings. The number of rotatable bonds is 7. The smallest absolute Gasteiger partial charge is 0.187 e. The molecule has 0 saturated heterocycles. The third-order valence-corrected chi connectivity index (χ3v) is 3.91. The van der Waals surface area contributed by atoms with Gasteiger partial charge in [0.25, 0.3) is 0 Å². The fourth-order valence-electron chi connectivity index (χ4n) is 2.56. The van der Waals surface area contributed by atoms with Crippen LogP contribution in [0.1, 0.15) is 17.3 Å². The molecule has 3 aromatic rings. The fourth-order valence-corrected chi connectivity index (χ4v) is 2.56. The Morgan fingerprint density at radius 2 is 1.48 bits per heavy atom. The first-order valence-corrected chi connectivity index (χ1v) is 8.61. The van der Waals surface area contributed by atoms with Crippen LogP contribution in [-0.2, 0) is 0 Å². The predicted octanol–water partition coefficient (Wildman–Crippen LogP) is 5.69. The molecule has 0 radical (unpaired) electrons. The highest BCUT2D eigenvalue weighted by molar-refractivity contribution is 6.05. The first-order chi connectivity index (χ1) is 13.2. The van der Waals surface area contributed by atoms with Crippen molar-refractivity contribution < 1.29 is 14.3 Å². The summed E-state index contributed by atoms with van der Waals surface area (Å²) in [4.78, 5) is 12.3. The molecular formula is C23H21NO3. The molecule has 0 aromatic heterocycles. The van der Waals surface area contributed by atoms with Crippen LogP contribution in [0.4, 0.5) is 5.69 Å². The highest BCUT2D eigenvalue weighted by atomic mass is 16.5. The zero-order valence-electron chi connectivity index (χ0n) is 15.3. The molecule has 0 bridgehead atoms. The van der Waals surface area contributed by atoms with Gasteiger partial charge in [-0.15, -0.1) is 0 Å². The Kier molecular flexibility index (Phi) is 5.90. The van der Waals surface area contributed by atoms with Crippen molar-refractivity contribution in [3.8, 4) is 17.2 Å². The van der Waals surface area contributed by atoms with Gasteiger partial charge in [-0.05, 0) is 43.3 Å². The van der Waals surface area contributed by atoms with E-state index in [1.54, 1.807) is 25.3 Å². The summed E-state index contributed by atoms with van der Waals surface area (Å²) in [5.74, 6) is 2.09. The Morgan fingerprint density at radius 3 is 2.19 bits per heavy atom. The molecule has 0 heterocycles. The molecule has 136 valence electrons. The van der Waals surface area contributed by atoms with E-state index in [-0.39, 0.29) is 5.78 Å². The molecule has 0 atom stereocenters. The normalized spacial score (nSPS) is 11.0. The SMILES string of the molecule is COc1ccc(Oc2ccccc2NC(C)=CC(=O)c2ccccc2)cc1. The molecular weight excluding hydrogens is 338 g/mol. The second-order valence-corrected chi connectivity index (χ2v) is 5.96. The summed E-state index contributed by atoms with van der Waals surface area (Å²) in [5, 5.41) is 3.24. The van der Waals surface area contributed by atoms with Gasteiger partial charge in [0.2, 0.25) is 0 Å². The number of ketones is 1. The Labute approximate surface area is 159 Å². The molecule has 3 aromatic carbocycles. The Hall–Kier alpha value is -3.53. The van der Waals surface area contributed by atoms with Crippen LogP contribution in [-0.4, -0.2) is 12.9 Å². The largest absolute Gasteiger partial charge is 0.497 e. The van der Waals surface area contributed by atoms with Gasteiger partial charge in [0.15, 0.2) is 11.5 Å². The second kappa shape index (κ2) is 8.72. The Morgan fingerprint density at radius 1 is 0.852 bits per heavy atom. The van der Waals surface area contributed by atoms with Gasteiger partial charge in [0.05, 0.1) is 12.8 Å². The minimum atomic E-state index is -0.0471. The van der Waals surface area contributed by atoms with E-state index < -0.39 is 0 Å². The lowest BCUT2D eigenvalue weighted by Gasteiger charge is -2.13. The van der Waals surface area contributed by atoms with Gasteiger partial charge in [-0.2, -0.15) is 0 Å². The van der Waals surface area contributed by atoms with Crippen LogP contribution in [0.2, 0.25) is 0 Å². The lowest BCUT2D eigenvalue weighted by molar-refractivity contribution is 0.104. The van der Waals surface area contributed by atoms with Gasteiger partial charge in [-0.3, -0.25) is 4.79 Å². The monoisotopic (exact) mass is 359 g/mol. The molecule has 4 heteroatoms. The van der Waals surface area contributed by atoms with Crippen LogP contribution in [0, 0.1) is 0 Å². The number of hydrogen-bond donors (Lipinski definition) is 1. The first-order valence-electron chi connectivity index (χ1n) is 8.61. The van der Waals surface area contributed by atoms with Gasteiger partial charge in [-0.25, -0.2) is 0 Å². The van der Waals surface area contributed by atoms with E-state index in [9.17, 15) is 4.79 Å². The van der Waals surface area contributed by atoms with Gasteiger partial charge in [-0.1, -0.05) is 42.5 Å². The number of ether oxygens (including phenoxy) is 2. The summed E-state index contributed by atoms with van der Waals surface area (Å²) in [6, 6.07) is 24.1. The molecule has 3 rings (SSSR count). The number of allylic oxidation sites excluding steroid dienone is 2. The molecule has 4 nitrogen and oxygen atoms in total. The van der Waals surface area contributed by atoms with Crippen LogP contribution >= 0.6 is 0 Å². The number of benzene rings is 3. The van der Waals surface area contributed by atoms with Crippen molar-refractivity contribution in [3.63, 3.8) is 0 Å². The maximum absolute atomic E-state index is 12.3. The Balaban J connectivity index is 1.75. The standard InChI is InChI=1S/C23H21NO3/c1-17(16-22(25)18-8-4-3-5-9-18)24-21-10-6-7-11-23(21)27-20-14-12-19(26-2)13-15-20/h3-16,24H,1-2H3. The summed E-state index contributed by atoms with van der Waals surface area (Å²) < 4.78 is 11.1. The summed E-state index contributed by atoms with van der Waals surface area (Å²) in [6.07, 6.45) is 1.58. The van der Waals surface area contributed by atoms with Gasteiger partial charge >= 0.3 is 0 Å². The number of para-hydroxylation sites is 2. The van der Waals surface area contributed by atoms with E-state index in [4.69, 9.17) is 9.47 Å². The summed E-state index contributed by atoms with van der Waals surface area (Å²) >= 11 is 0. The lowest BCUT2D eigenvalue weighted by Crippen LogP contribution is -2.02. The molecule has 27 heavy (non-hydrogen) atoms. The Bertz CT molecular complexity index is 931. The minimum absolute atomic E-state index is 0.0471. The third-order valence-electron chi connectivity index (χ3n) is 3.91.